The number of hydrogen-bond donors (Lipinski definition) is 2. The van der Waals surface area contributed by atoms with Crippen molar-refractivity contribution in [2.45, 2.75) is 64.5 Å². The number of aromatic nitrogens is 1. The maximum atomic E-state index is 9.17. The van der Waals surface area contributed by atoms with Gasteiger partial charge in [-0.05, 0) is 92.3 Å². The van der Waals surface area contributed by atoms with Crippen molar-refractivity contribution in [2.24, 2.45) is 11.8 Å². The normalized spacial score (nSPS) is 22.1. The molecule has 2 N–H and O–H groups in total. The second-order valence-electron chi connectivity index (χ2n) is 10.4. The van der Waals surface area contributed by atoms with Gasteiger partial charge >= 0.3 is 0 Å². The van der Waals surface area contributed by atoms with Gasteiger partial charge in [0.2, 0.25) is 0 Å². The van der Waals surface area contributed by atoms with Crippen molar-refractivity contribution in [2.75, 3.05) is 18.0 Å². The number of H-pyrrole nitrogens is 1. The number of piperidine rings is 1. The molecule has 33 heavy (non-hydrogen) atoms. The van der Waals surface area contributed by atoms with Crippen LogP contribution in [0.5, 0.6) is 0 Å². The Morgan fingerprint density at radius 3 is 2.42 bits per heavy atom. The van der Waals surface area contributed by atoms with Crippen molar-refractivity contribution in [3.8, 4) is 17.3 Å². The average molecular weight is 441 g/mol. The summed E-state index contributed by atoms with van der Waals surface area (Å²) in [6, 6.07) is 20.4. The topological polar surface area (TPSA) is 54.9 Å². The number of benzene rings is 2. The summed E-state index contributed by atoms with van der Waals surface area (Å²) in [5.41, 5.74) is 5.38. The van der Waals surface area contributed by atoms with Crippen molar-refractivity contribution < 1.29 is 0 Å². The second kappa shape index (κ2) is 9.61. The number of anilines is 1. The minimum Gasteiger partial charge on any atom is -0.371 e. The molecule has 172 valence electrons. The Kier molecular flexibility index (Phi) is 6.42. The smallest absolute Gasteiger partial charge is 0.0991 e. The lowest BCUT2D eigenvalue weighted by Crippen LogP contribution is -2.47. The lowest BCUT2D eigenvalue weighted by Gasteiger charge is -2.38. The van der Waals surface area contributed by atoms with E-state index in [1.54, 1.807) is 0 Å². The standard InChI is InChI=1S/C29H36N4/c1-20(2)22-7-9-25(10-8-22)31-26-12-14-33(15-13-26)27-5-3-4-23(17-27)29-18-24-16-21(19-30)6-11-28(24)32-29/h3-6,11,16-18,20,22,25-26,31-32H,7-10,12-15H2,1-2H3. The molecule has 1 saturated heterocycles. The van der Waals surface area contributed by atoms with Crippen LogP contribution in [0.4, 0.5) is 5.69 Å². The quantitative estimate of drug-likeness (QED) is 0.477. The summed E-state index contributed by atoms with van der Waals surface area (Å²) in [6.07, 6.45) is 7.94. The van der Waals surface area contributed by atoms with Gasteiger partial charge in [0, 0.05) is 47.5 Å². The van der Waals surface area contributed by atoms with Crippen LogP contribution in [-0.4, -0.2) is 30.2 Å². The molecule has 0 unspecified atom stereocenters. The highest BCUT2D eigenvalue weighted by molar-refractivity contribution is 5.87. The van der Waals surface area contributed by atoms with Gasteiger partial charge in [-0.1, -0.05) is 26.0 Å². The van der Waals surface area contributed by atoms with E-state index in [9.17, 15) is 5.26 Å². The first-order valence-corrected chi connectivity index (χ1v) is 12.7. The molecule has 1 saturated carbocycles. The zero-order valence-corrected chi connectivity index (χ0v) is 20.0. The summed E-state index contributed by atoms with van der Waals surface area (Å²) >= 11 is 0. The second-order valence-corrected chi connectivity index (χ2v) is 10.4. The number of hydrogen-bond acceptors (Lipinski definition) is 3. The van der Waals surface area contributed by atoms with E-state index < -0.39 is 0 Å². The molecule has 3 aromatic rings. The van der Waals surface area contributed by atoms with Gasteiger partial charge in [-0.2, -0.15) is 5.26 Å². The maximum Gasteiger partial charge on any atom is 0.0991 e. The first-order chi connectivity index (χ1) is 16.1. The Labute approximate surface area is 198 Å². The molecule has 0 bridgehead atoms. The Bertz CT molecular complexity index is 1120. The molecule has 2 aliphatic rings. The number of nitrogens with zero attached hydrogens (tertiary/aromatic N) is 2. The zero-order chi connectivity index (χ0) is 22.8. The molecule has 1 aliphatic heterocycles. The van der Waals surface area contributed by atoms with Crippen molar-refractivity contribution >= 4 is 16.6 Å². The van der Waals surface area contributed by atoms with E-state index in [4.69, 9.17) is 0 Å². The van der Waals surface area contributed by atoms with E-state index in [0.29, 0.717) is 11.6 Å². The minimum absolute atomic E-state index is 0.660. The van der Waals surface area contributed by atoms with E-state index in [1.165, 1.54) is 49.8 Å². The van der Waals surface area contributed by atoms with Crippen LogP contribution in [-0.2, 0) is 0 Å². The lowest BCUT2D eigenvalue weighted by molar-refractivity contribution is 0.221. The Hall–Kier alpha value is -2.77. The van der Waals surface area contributed by atoms with Crippen molar-refractivity contribution in [3.63, 3.8) is 0 Å². The highest BCUT2D eigenvalue weighted by atomic mass is 15.1. The van der Waals surface area contributed by atoms with Gasteiger partial charge in [0.05, 0.1) is 11.6 Å². The summed E-state index contributed by atoms with van der Waals surface area (Å²) in [5, 5.41) is 14.3. The highest BCUT2D eigenvalue weighted by Gasteiger charge is 2.26. The van der Waals surface area contributed by atoms with E-state index in [0.717, 1.165) is 47.6 Å². The molecule has 4 heteroatoms. The molecule has 0 amide bonds. The third-order valence-corrected chi connectivity index (χ3v) is 7.95. The van der Waals surface area contributed by atoms with Crippen LogP contribution in [0.25, 0.3) is 22.2 Å². The predicted molar refractivity (Wildman–Crippen MR) is 137 cm³/mol. The number of fused-ring (bicyclic) bond motifs is 1. The summed E-state index contributed by atoms with van der Waals surface area (Å²) in [4.78, 5) is 6.05. The number of rotatable bonds is 5. The van der Waals surface area contributed by atoms with Crippen LogP contribution in [0.2, 0.25) is 0 Å². The van der Waals surface area contributed by atoms with Crippen molar-refractivity contribution in [1.82, 2.24) is 10.3 Å². The molecular weight excluding hydrogens is 404 g/mol. The van der Waals surface area contributed by atoms with Gasteiger partial charge in [0.15, 0.2) is 0 Å². The zero-order valence-electron chi connectivity index (χ0n) is 20.0. The SMILES string of the molecule is CC(C)C1CCC(NC2CCN(c3cccc(-c4cc5cc(C#N)ccc5[nH]4)c3)CC2)CC1. The van der Waals surface area contributed by atoms with Crippen LogP contribution in [0.15, 0.2) is 48.5 Å². The van der Waals surface area contributed by atoms with Gasteiger partial charge < -0.3 is 15.2 Å². The summed E-state index contributed by atoms with van der Waals surface area (Å²) in [5.74, 6) is 1.77. The third-order valence-electron chi connectivity index (χ3n) is 7.95. The predicted octanol–water partition coefficient (Wildman–Crippen LogP) is 6.48. The summed E-state index contributed by atoms with van der Waals surface area (Å²) in [7, 11) is 0. The molecule has 0 spiro atoms. The van der Waals surface area contributed by atoms with Crippen molar-refractivity contribution in [3.05, 3.63) is 54.1 Å². The van der Waals surface area contributed by atoms with Gasteiger partial charge in [-0.3, -0.25) is 0 Å². The van der Waals surface area contributed by atoms with Crippen LogP contribution < -0.4 is 10.2 Å². The third kappa shape index (κ3) is 4.94. The van der Waals surface area contributed by atoms with Crippen molar-refractivity contribution in [1.29, 1.82) is 5.26 Å². The molecule has 0 atom stereocenters. The van der Waals surface area contributed by atoms with Crippen LogP contribution in [0.3, 0.4) is 0 Å². The molecule has 2 fully saturated rings. The molecule has 5 rings (SSSR count). The molecule has 4 nitrogen and oxygen atoms in total. The monoisotopic (exact) mass is 440 g/mol. The number of nitriles is 1. The van der Waals surface area contributed by atoms with E-state index in [2.05, 4.69) is 65.4 Å². The van der Waals surface area contributed by atoms with Gasteiger partial charge in [-0.15, -0.1) is 0 Å². The number of aromatic amines is 1. The Morgan fingerprint density at radius 1 is 0.939 bits per heavy atom. The molecule has 2 aromatic carbocycles. The van der Waals surface area contributed by atoms with Gasteiger partial charge in [0.25, 0.3) is 0 Å². The highest BCUT2D eigenvalue weighted by Crippen LogP contribution is 2.32. The van der Waals surface area contributed by atoms with Crippen LogP contribution in [0.1, 0.15) is 57.9 Å². The Morgan fingerprint density at radius 2 is 1.70 bits per heavy atom. The first kappa shape index (κ1) is 22.0. The van der Waals surface area contributed by atoms with Crippen LogP contribution in [0, 0.1) is 23.2 Å². The molecule has 2 heterocycles. The van der Waals surface area contributed by atoms with E-state index in [-0.39, 0.29) is 0 Å². The minimum atomic E-state index is 0.660. The molecule has 0 radical (unpaired) electrons. The molecule has 1 aromatic heterocycles. The molecular formula is C29H36N4. The van der Waals surface area contributed by atoms with E-state index in [1.807, 2.05) is 18.2 Å². The maximum absolute atomic E-state index is 9.17. The van der Waals surface area contributed by atoms with Crippen LogP contribution >= 0.6 is 0 Å². The summed E-state index contributed by atoms with van der Waals surface area (Å²) in [6.45, 7) is 6.99. The first-order valence-electron chi connectivity index (χ1n) is 12.7. The fourth-order valence-corrected chi connectivity index (χ4v) is 5.82. The van der Waals surface area contributed by atoms with E-state index >= 15 is 0 Å². The average Bonchev–Trinajstić information content (AvgIpc) is 3.28. The Balaban J connectivity index is 1.20. The molecule has 1 aliphatic carbocycles. The fraction of sp³-hybridized carbons (Fsp3) is 0.483. The van der Waals surface area contributed by atoms with Gasteiger partial charge in [0.1, 0.15) is 0 Å². The lowest BCUT2D eigenvalue weighted by atomic mass is 9.79. The number of nitrogens with one attached hydrogen (secondary N) is 2. The summed E-state index contributed by atoms with van der Waals surface area (Å²) < 4.78 is 0. The van der Waals surface area contributed by atoms with Gasteiger partial charge in [-0.25, -0.2) is 0 Å². The fourth-order valence-electron chi connectivity index (χ4n) is 5.82. The largest absolute Gasteiger partial charge is 0.371 e.